The molecule has 0 saturated heterocycles. The van der Waals surface area contributed by atoms with Crippen molar-refractivity contribution in [3.05, 3.63) is 30.3 Å². The van der Waals surface area contributed by atoms with Crippen molar-refractivity contribution in [2.45, 2.75) is 13.0 Å². The van der Waals surface area contributed by atoms with Crippen LogP contribution < -0.4 is 5.32 Å². The van der Waals surface area contributed by atoms with Gasteiger partial charge in [-0.05, 0) is 12.1 Å². The lowest BCUT2D eigenvalue weighted by Crippen LogP contribution is -2.44. The number of nitrogens with one attached hydrogen (secondary N) is 1. The van der Waals surface area contributed by atoms with Crippen LogP contribution in [0.2, 0.25) is 6.04 Å². The van der Waals surface area contributed by atoms with Gasteiger partial charge in [0, 0.05) is 26.0 Å². The number of hydrogen-bond acceptors (Lipinski definition) is 4. The fourth-order valence-corrected chi connectivity index (χ4v) is 2.85. The highest BCUT2D eigenvalue weighted by Gasteiger charge is 2.36. The lowest BCUT2D eigenvalue weighted by atomic mass is 10.3. The highest BCUT2D eigenvalue weighted by molar-refractivity contribution is 6.60. The maximum atomic E-state index is 5.66. The topological polar surface area (TPSA) is 39.7 Å². The monoisotopic (exact) mass is 241 g/mol. The molecule has 0 saturated carbocycles. The molecule has 0 unspecified atom stereocenters. The minimum Gasteiger partial charge on any atom is -0.377 e. The van der Waals surface area contributed by atoms with E-state index in [2.05, 4.69) is 5.32 Å². The predicted octanol–water partition coefficient (Wildman–Crippen LogP) is 2.32. The fraction of sp³-hybridized carbons (Fsp3) is 0.455. The third kappa shape index (κ3) is 3.60. The number of rotatable bonds is 7. The zero-order valence-electron chi connectivity index (χ0n) is 10.0. The normalized spacial score (nSPS) is 11.4. The molecular formula is C11H19NO3Si. The Morgan fingerprint density at radius 1 is 1.12 bits per heavy atom. The molecule has 1 aromatic rings. The molecule has 0 amide bonds. The first kappa shape index (κ1) is 13.2. The van der Waals surface area contributed by atoms with Crippen molar-refractivity contribution in [3.8, 4) is 0 Å². The van der Waals surface area contributed by atoms with E-state index >= 15 is 0 Å². The van der Waals surface area contributed by atoms with Crippen LogP contribution in [-0.2, 0) is 13.3 Å². The third-order valence-corrected chi connectivity index (χ3v) is 5.09. The van der Waals surface area contributed by atoms with Crippen LogP contribution in [0.15, 0.2) is 30.3 Å². The van der Waals surface area contributed by atoms with Crippen LogP contribution in [0.4, 0.5) is 5.69 Å². The van der Waals surface area contributed by atoms with Crippen LogP contribution in [0, 0.1) is 0 Å². The lowest BCUT2D eigenvalue weighted by molar-refractivity contribution is 0.107. The molecule has 16 heavy (non-hydrogen) atoms. The molecule has 90 valence electrons. The molecule has 1 aromatic carbocycles. The summed E-state index contributed by atoms with van der Waals surface area (Å²) in [5.41, 5.74) is 1.02. The van der Waals surface area contributed by atoms with Gasteiger partial charge in [0.25, 0.3) is 0 Å². The largest absolute Gasteiger partial charge is 0.501 e. The summed E-state index contributed by atoms with van der Waals surface area (Å²) in [6.45, 7) is 2.40. The van der Waals surface area contributed by atoms with Gasteiger partial charge in [-0.1, -0.05) is 25.1 Å². The Balaban J connectivity index is 2.39. The average Bonchev–Trinajstić information content (AvgIpc) is 2.37. The van der Waals surface area contributed by atoms with Crippen molar-refractivity contribution >= 4 is 14.5 Å². The summed E-state index contributed by atoms with van der Waals surface area (Å²) in [6, 6.07) is 10.6. The van der Waals surface area contributed by atoms with E-state index < -0.39 is 8.80 Å². The Labute approximate surface area is 97.9 Å². The summed E-state index contributed by atoms with van der Waals surface area (Å²) >= 11 is 0. The zero-order chi connectivity index (χ0) is 11.9. The Morgan fingerprint density at radius 2 is 1.75 bits per heavy atom. The summed E-state index contributed by atoms with van der Waals surface area (Å²) < 4.78 is 16.3. The number of benzene rings is 1. The Morgan fingerprint density at radius 3 is 2.25 bits per heavy atom. The van der Waals surface area contributed by atoms with Crippen molar-refractivity contribution in [1.82, 2.24) is 0 Å². The van der Waals surface area contributed by atoms with Crippen molar-refractivity contribution in [2.24, 2.45) is 0 Å². The molecule has 0 aliphatic heterocycles. The summed E-state index contributed by atoms with van der Waals surface area (Å²) in [5.74, 6) is 0. The van der Waals surface area contributed by atoms with E-state index in [1.807, 2.05) is 37.3 Å². The maximum absolute atomic E-state index is 5.66. The van der Waals surface area contributed by atoms with E-state index in [1.165, 1.54) is 0 Å². The molecular weight excluding hydrogens is 222 g/mol. The van der Waals surface area contributed by atoms with Gasteiger partial charge in [0.2, 0.25) is 0 Å². The van der Waals surface area contributed by atoms with Gasteiger partial charge in [0.1, 0.15) is 6.73 Å². The van der Waals surface area contributed by atoms with E-state index in [9.17, 15) is 0 Å². The predicted molar refractivity (Wildman–Crippen MR) is 66.3 cm³/mol. The van der Waals surface area contributed by atoms with Gasteiger partial charge < -0.3 is 18.6 Å². The van der Waals surface area contributed by atoms with E-state index in [0.717, 1.165) is 11.7 Å². The fourth-order valence-electron chi connectivity index (χ4n) is 1.38. The molecule has 0 spiro atoms. The van der Waals surface area contributed by atoms with Crippen LogP contribution in [0.1, 0.15) is 6.92 Å². The molecule has 0 heterocycles. The molecule has 0 aromatic heterocycles. The molecule has 0 aliphatic carbocycles. The highest BCUT2D eigenvalue weighted by Crippen LogP contribution is 2.13. The number of para-hydroxylation sites is 1. The van der Waals surface area contributed by atoms with Gasteiger partial charge in [-0.3, -0.25) is 0 Å². The van der Waals surface area contributed by atoms with Gasteiger partial charge in [-0.25, -0.2) is 0 Å². The maximum Gasteiger partial charge on any atom is 0.501 e. The Bertz CT molecular complexity index is 282. The molecule has 0 fully saturated rings. The quantitative estimate of drug-likeness (QED) is 0.587. The molecule has 0 radical (unpaired) electrons. The van der Waals surface area contributed by atoms with Crippen molar-refractivity contribution in [1.29, 1.82) is 0 Å². The summed E-state index contributed by atoms with van der Waals surface area (Å²) in [5, 5.41) is 3.16. The molecule has 1 N–H and O–H groups in total. The van der Waals surface area contributed by atoms with E-state index in [-0.39, 0.29) is 0 Å². The third-order valence-electron chi connectivity index (χ3n) is 2.40. The molecule has 0 bridgehead atoms. The molecule has 0 aliphatic rings. The zero-order valence-corrected chi connectivity index (χ0v) is 11.0. The van der Waals surface area contributed by atoms with Gasteiger partial charge in [-0.15, -0.1) is 0 Å². The summed E-state index contributed by atoms with van der Waals surface area (Å²) in [7, 11) is 0.820. The Kier molecular flexibility index (Phi) is 5.48. The molecule has 5 heteroatoms. The first-order chi connectivity index (χ1) is 7.76. The first-order valence-corrected chi connectivity index (χ1v) is 7.22. The second-order valence-electron chi connectivity index (χ2n) is 3.28. The van der Waals surface area contributed by atoms with E-state index in [4.69, 9.17) is 13.3 Å². The average molecular weight is 241 g/mol. The van der Waals surface area contributed by atoms with E-state index in [0.29, 0.717) is 6.73 Å². The summed E-state index contributed by atoms with van der Waals surface area (Å²) in [6.07, 6.45) is 0. The van der Waals surface area contributed by atoms with Crippen LogP contribution in [-0.4, -0.2) is 29.8 Å². The smallest absolute Gasteiger partial charge is 0.377 e. The minimum absolute atomic E-state index is 0.395. The van der Waals surface area contributed by atoms with Gasteiger partial charge in [0.05, 0.1) is 0 Å². The first-order valence-electron chi connectivity index (χ1n) is 5.29. The van der Waals surface area contributed by atoms with Gasteiger partial charge in [0.15, 0.2) is 0 Å². The molecule has 0 atom stereocenters. The van der Waals surface area contributed by atoms with Gasteiger partial charge >= 0.3 is 8.80 Å². The van der Waals surface area contributed by atoms with Crippen molar-refractivity contribution < 1.29 is 13.3 Å². The summed E-state index contributed by atoms with van der Waals surface area (Å²) in [4.78, 5) is 0. The van der Waals surface area contributed by atoms with Crippen molar-refractivity contribution in [3.63, 3.8) is 0 Å². The van der Waals surface area contributed by atoms with Crippen molar-refractivity contribution in [2.75, 3.05) is 26.3 Å². The Hall–Kier alpha value is -0.883. The second kappa shape index (κ2) is 6.65. The van der Waals surface area contributed by atoms with E-state index in [1.54, 1.807) is 14.2 Å². The minimum atomic E-state index is -2.43. The van der Waals surface area contributed by atoms with Gasteiger partial charge in [-0.2, -0.15) is 0 Å². The SMILES string of the molecule is CC[Si](OC)(OC)OCNc1ccccc1. The second-order valence-corrected chi connectivity index (χ2v) is 6.45. The van der Waals surface area contributed by atoms with Crippen LogP contribution in [0.5, 0.6) is 0 Å². The highest BCUT2D eigenvalue weighted by atomic mass is 28.4. The lowest BCUT2D eigenvalue weighted by Gasteiger charge is -2.25. The van der Waals surface area contributed by atoms with Crippen LogP contribution in [0.3, 0.4) is 0 Å². The number of anilines is 1. The standard InChI is InChI=1S/C11H19NO3Si/c1-4-16(13-2,14-3)15-10-12-11-8-6-5-7-9-11/h5-9,12H,4,10H2,1-3H3. The molecule has 4 nitrogen and oxygen atoms in total. The van der Waals surface area contributed by atoms with Crippen LogP contribution >= 0.6 is 0 Å². The van der Waals surface area contributed by atoms with Crippen LogP contribution in [0.25, 0.3) is 0 Å². The number of hydrogen-bond donors (Lipinski definition) is 1. The molecule has 1 rings (SSSR count).